The maximum Gasteiger partial charge on any atom is 0.307 e. The van der Waals surface area contributed by atoms with Crippen molar-refractivity contribution in [2.75, 3.05) is 4.90 Å². The molecule has 5 nitrogen and oxygen atoms in total. The van der Waals surface area contributed by atoms with Crippen LogP contribution in [0.15, 0.2) is 36.4 Å². The van der Waals surface area contributed by atoms with Crippen LogP contribution >= 0.6 is 0 Å². The molecule has 1 fully saturated rings. The molecule has 2 aromatic carbocycles. The molecule has 0 spiro atoms. The number of carbonyl (C=O) groups is 3. The zero-order chi connectivity index (χ0) is 22.3. The van der Waals surface area contributed by atoms with Crippen molar-refractivity contribution >= 4 is 23.5 Å². The predicted octanol–water partition coefficient (Wildman–Crippen LogP) is 4.35. The molecular formula is C24H23F2NO4. The molecular weight excluding hydrogens is 404 g/mol. The molecule has 7 heteroatoms. The third-order valence-electron chi connectivity index (χ3n) is 6.55. The molecule has 1 atom stereocenters. The Balaban J connectivity index is 1.98. The van der Waals surface area contributed by atoms with Gasteiger partial charge < -0.3 is 5.11 Å². The number of anilines is 1. The lowest BCUT2D eigenvalue weighted by Gasteiger charge is -2.39. The van der Waals surface area contributed by atoms with Crippen molar-refractivity contribution in [3.8, 4) is 0 Å². The normalized spacial score (nSPS) is 21.3. The average Bonchev–Trinajstić information content (AvgIpc) is 3.01. The number of hydrogen-bond donors (Lipinski definition) is 1. The number of carboxylic acid groups (broad SMARTS) is 1. The second-order valence-corrected chi connectivity index (χ2v) is 8.33. The SMILES string of the molecule is CC(=O)N1C(=O)C(c2ccc(CC(=O)O)cc2)(C2CCCCC2)c2ccc(F)c(F)c21. The summed E-state index contributed by atoms with van der Waals surface area (Å²) in [4.78, 5) is 38.1. The van der Waals surface area contributed by atoms with Crippen LogP contribution in [-0.2, 0) is 26.2 Å². The Bertz CT molecular complexity index is 1060. The standard InChI is InChI=1S/C24H23F2NO4/c1-14(28)27-22-18(11-12-19(25)21(22)26)24(23(27)31,16-5-3-2-4-6-16)17-9-7-15(8-10-17)13-20(29)30/h7-12,16H,2-6,13H2,1H3,(H,29,30). The topological polar surface area (TPSA) is 74.7 Å². The second kappa shape index (κ2) is 7.87. The van der Waals surface area contributed by atoms with Gasteiger partial charge in [-0.15, -0.1) is 0 Å². The van der Waals surface area contributed by atoms with E-state index in [0.717, 1.165) is 30.2 Å². The van der Waals surface area contributed by atoms with Crippen LogP contribution in [0.4, 0.5) is 14.5 Å². The van der Waals surface area contributed by atoms with E-state index in [9.17, 15) is 23.2 Å². The molecule has 0 radical (unpaired) electrons. The molecule has 2 amide bonds. The molecule has 1 saturated carbocycles. The number of benzene rings is 2. The van der Waals surface area contributed by atoms with Gasteiger partial charge in [0.15, 0.2) is 11.6 Å². The molecule has 1 unspecified atom stereocenters. The van der Waals surface area contributed by atoms with Crippen LogP contribution in [-0.4, -0.2) is 22.9 Å². The first-order valence-corrected chi connectivity index (χ1v) is 10.4. The fourth-order valence-electron chi connectivity index (χ4n) is 5.28. The zero-order valence-electron chi connectivity index (χ0n) is 17.2. The van der Waals surface area contributed by atoms with Gasteiger partial charge in [-0.1, -0.05) is 49.6 Å². The van der Waals surface area contributed by atoms with Crippen LogP contribution in [0, 0.1) is 17.6 Å². The molecule has 0 bridgehead atoms. The van der Waals surface area contributed by atoms with E-state index in [2.05, 4.69) is 0 Å². The minimum atomic E-state index is -1.32. The Kier molecular flexibility index (Phi) is 5.37. The summed E-state index contributed by atoms with van der Waals surface area (Å²) in [5.41, 5.74) is -0.205. The summed E-state index contributed by atoms with van der Waals surface area (Å²) >= 11 is 0. The third-order valence-corrected chi connectivity index (χ3v) is 6.55. The van der Waals surface area contributed by atoms with E-state index < -0.39 is 34.8 Å². The van der Waals surface area contributed by atoms with Gasteiger partial charge in [0.2, 0.25) is 11.8 Å². The summed E-state index contributed by atoms with van der Waals surface area (Å²) in [5, 5.41) is 9.05. The minimum Gasteiger partial charge on any atom is -0.481 e. The Morgan fingerprint density at radius 1 is 1.06 bits per heavy atom. The van der Waals surface area contributed by atoms with E-state index in [1.54, 1.807) is 24.3 Å². The van der Waals surface area contributed by atoms with Gasteiger partial charge in [-0.25, -0.2) is 13.7 Å². The van der Waals surface area contributed by atoms with Crippen molar-refractivity contribution in [2.24, 2.45) is 5.92 Å². The Labute approximate surface area is 178 Å². The van der Waals surface area contributed by atoms with Crippen molar-refractivity contribution in [3.05, 3.63) is 64.7 Å². The molecule has 1 aliphatic heterocycles. The Morgan fingerprint density at radius 2 is 1.71 bits per heavy atom. The maximum absolute atomic E-state index is 14.9. The van der Waals surface area contributed by atoms with Gasteiger partial charge in [-0.3, -0.25) is 14.4 Å². The average molecular weight is 427 g/mol. The first-order chi connectivity index (χ1) is 14.8. The predicted molar refractivity (Wildman–Crippen MR) is 110 cm³/mol. The van der Waals surface area contributed by atoms with Gasteiger partial charge in [0.25, 0.3) is 0 Å². The summed E-state index contributed by atoms with van der Waals surface area (Å²) < 4.78 is 29.1. The number of fused-ring (bicyclic) bond motifs is 1. The van der Waals surface area contributed by atoms with Gasteiger partial charge in [-0.05, 0) is 41.5 Å². The lowest BCUT2D eigenvalue weighted by Crippen LogP contribution is -2.48. The lowest BCUT2D eigenvalue weighted by atomic mass is 9.62. The summed E-state index contributed by atoms with van der Waals surface area (Å²) in [7, 11) is 0. The van der Waals surface area contributed by atoms with Crippen LogP contribution in [0.2, 0.25) is 0 Å². The van der Waals surface area contributed by atoms with E-state index >= 15 is 0 Å². The number of carbonyl (C=O) groups excluding carboxylic acids is 2. The fourth-order valence-corrected chi connectivity index (χ4v) is 5.28. The van der Waals surface area contributed by atoms with Crippen LogP contribution in [0.1, 0.15) is 55.7 Å². The van der Waals surface area contributed by atoms with Crippen molar-refractivity contribution < 1.29 is 28.3 Å². The molecule has 1 N–H and O–H groups in total. The number of aliphatic carboxylic acids is 1. The lowest BCUT2D eigenvalue weighted by molar-refractivity contribution is -0.136. The monoisotopic (exact) mass is 427 g/mol. The van der Waals surface area contributed by atoms with Crippen molar-refractivity contribution in [1.82, 2.24) is 0 Å². The highest BCUT2D eigenvalue weighted by atomic mass is 19.2. The first kappa shape index (κ1) is 21.2. The smallest absolute Gasteiger partial charge is 0.307 e. The number of amides is 2. The van der Waals surface area contributed by atoms with Crippen molar-refractivity contribution in [3.63, 3.8) is 0 Å². The van der Waals surface area contributed by atoms with Crippen LogP contribution in [0.25, 0.3) is 0 Å². The molecule has 2 aliphatic rings. The van der Waals surface area contributed by atoms with Gasteiger partial charge in [0, 0.05) is 6.92 Å². The molecule has 1 aliphatic carbocycles. The Morgan fingerprint density at radius 3 is 2.29 bits per heavy atom. The summed E-state index contributed by atoms with van der Waals surface area (Å²) in [6, 6.07) is 9.04. The van der Waals surface area contributed by atoms with Crippen LogP contribution in [0.3, 0.4) is 0 Å². The van der Waals surface area contributed by atoms with Gasteiger partial charge in [-0.2, -0.15) is 0 Å². The number of halogens is 2. The quantitative estimate of drug-likeness (QED) is 0.787. The van der Waals surface area contributed by atoms with Crippen molar-refractivity contribution in [2.45, 2.75) is 50.9 Å². The van der Waals surface area contributed by atoms with Crippen LogP contribution in [0.5, 0.6) is 0 Å². The Hall–Kier alpha value is -3.09. The largest absolute Gasteiger partial charge is 0.481 e. The van der Waals surface area contributed by atoms with E-state index in [1.165, 1.54) is 13.0 Å². The van der Waals surface area contributed by atoms with E-state index in [1.807, 2.05) is 0 Å². The third kappa shape index (κ3) is 3.23. The van der Waals surface area contributed by atoms with E-state index in [0.29, 0.717) is 29.5 Å². The number of nitrogens with zero attached hydrogens (tertiary/aromatic N) is 1. The summed E-state index contributed by atoms with van der Waals surface area (Å²) in [6.07, 6.45) is 4.09. The molecule has 0 aromatic heterocycles. The van der Waals surface area contributed by atoms with Gasteiger partial charge >= 0.3 is 5.97 Å². The molecule has 31 heavy (non-hydrogen) atoms. The molecule has 0 saturated heterocycles. The number of hydrogen-bond acceptors (Lipinski definition) is 3. The molecule has 1 heterocycles. The van der Waals surface area contributed by atoms with Crippen molar-refractivity contribution in [1.29, 1.82) is 0 Å². The second-order valence-electron chi connectivity index (χ2n) is 8.33. The highest BCUT2D eigenvalue weighted by Gasteiger charge is 2.58. The summed E-state index contributed by atoms with van der Waals surface area (Å²) in [6.45, 7) is 1.17. The number of rotatable bonds is 4. The van der Waals surface area contributed by atoms with Gasteiger partial charge in [0.1, 0.15) is 5.41 Å². The molecule has 2 aromatic rings. The number of carboxylic acids is 1. The first-order valence-electron chi connectivity index (χ1n) is 10.4. The zero-order valence-corrected chi connectivity index (χ0v) is 17.2. The molecule has 162 valence electrons. The molecule has 4 rings (SSSR count). The van der Waals surface area contributed by atoms with E-state index in [4.69, 9.17) is 5.11 Å². The van der Waals surface area contributed by atoms with Crippen LogP contribution < -0.4 is 4.90 Å². The maximum atomic E-state index is 14.9. The summed E-state index contributed by atoms with van der Waals surface area (Å²) in [5.74, 6) is -4.73. The highest BCUT2D eigenvalue weighted by molar-refractivity contribution is 6.23. The van der Waals surface area contributed by atoms with E-state index in [-0.39, 0.29) is 18.0 Å². The fraction of sp³-hybridized carbons (Fsp3) is 0.375. The highest BCUT2D eigenvalue weighted by Crippen LogP contribution is 2.55. The minimum absolute atomic E-state index is 0.166. The number of imide groups is 1. The van der Waals surface area contributed by atoms with Gasteiger partial charge in [0.05, 0.1) is 12.1 Å².